The van der Waals surface area contributed by atoms with Gasteiger partial charge in [0.05, 0.1) is 5.69 Å². The van der Waals surface area contributed by atoms with Crippen LogP contribution in [0.25, 0.3) is 0 Å². The molecule has 0 amide bonds. The van der Waals surface area contributed by atoms with Gasteiger partial charge in [0.1, 0.15) is 0 Å². The zero-order valence-electron chi connectivity index (χ0n) is 6.56. The molecule has 1 aromatic rings. The van der Waals surface area contributed by atoms with E-state index in [1.807, 2.05) is 20.8 Å². The number of nitrogens with one attached hydrogen (secondary N) is 1. The smallest absolute Gasteiger partial charge is 0.227 e. The number of rotatable bonds is 2. The molecule has 0 aliphatic rings. The van der Waals surface area contributed by atoms with Crippen molar-refractivity contribution in [1.82, 2.24) is 5.16 Å². The third-order valence-corrected chi connectivity index (χ3v) is 1.49. The monoisotopic (exact) mass is 140 g/mol. The van der Waals surface area contributed by atoms with E-state index in [9.17, 15) is 0 Å². The van der Waals surface area contributed by atoms with Gasteiger partial charge in [0.15, 0.2) is 0 Å². The maximum Gasteiger partial charge on any atom is 0.227 e. The molecule has 0 spiro atoms. The van der Waals surface area contributed by atoms with Gasteiger partial charge in [-0.05, 0) is 20.8 Å². The Morgan fingerprint density at radius 3 is 2.60 bits per heavy atom. The zero-order chi connectivity index (χ0) is 7.56. The summed E-state index contributed by atoms with van der Waals surface area (Å²) in [5.74, 6) is 0.792. The van der Waals surface area contributed by atoms with Crippen LogP contribution in [0.3, 0.4) is 0 Å². The zero-order valence-corrected chi connectivity index (χ0v) is 6.56. The Balaban J connectivity index is 2.83. The Labute approximate surface area is 60.4 Å². The van der Waals surface area contributed by atoms with Crippen LogP contribution in [-0.4, -0.2) is 11.7 Å². The molecule has 0 unspecified atom stereocenters. The predicted molar refractivity (Wildman–Crippen MR) is 40.1 cm³/mol. The maximum atomic E-state index is 4.97. The topological polar surface area (TPSA) is 38.1 Å². The molecule has 0 aromatic carbocycles. The molecule has 0 saturated heterocycles. The fraction of sp³-hybridized carbons (Fsp3) is 0.571. The molecule has 0 aliphatic heterocycles. The lowest BCUT2D eigenvalue weighted by atomic mass is 10.3. The van der Waals surface area contributed by atoms with E-state index in [2.05, 4.69) is 10.5 Å². The Bertz CT molecular complexity index is 217. The van der Waals surface area contributed by atoms with Gasteiger partial charge in [-0.1, -0.05) is 5.16 Å². The van der Waals surface area contributed by atoms with Crippen LogP contribution in [0.4, 0.5) is 5.88 Å². The summed E-state index contributed by atoms with van der Waals surface area (Å²) in [4.78, 5) is 0. The molecule has 10 heavy (non-hydrogen) atoms. The van der Waals surface area contributed by atoms with Crippen molar-refractivity contribution < 1.29 is 4.52 Å². The number of hydrogen-bond acceptors (Lipinski definition) is 3. The van der Waals surface area contributed by atoms with Gasteiger partial charge in [-0.3, -0.25) is 0 Å². The first-order valence-electron chi connectivity index (χ1n) is 3.42. The summed E-state index contributed by atoms with van der Waals surface area (Å²) in [5, 5.41) is 6.86. The highest BCUT2D eigenvalue weighted by Gasteiger charge is 2.04. The number of anilines is 1. The Kier molecular flexibility index (Phi) is 1.94. The molecule has 3 heteroatoms. The fourth-order valence-electron chi connectivity index (χ4n) is 0.741. The predicted octanol–water partition coefficient (Wildman–Crippen LogP) is 1.72. The van der Waals surface area contributed by atoms with Crippen molar-refractivity contribution in [1.29, 1.82) is 0 Å². The average Bonchev–Trinajstić information content (AvgIpc) is 2.20. The highest BCUT2D eigenvalue weighted by atomic mass is 16.5. The van der Waals surface area contributed by atoms with Gasteiger partial charge in [-0.15, -0.1) is 0 Å². The molecule has 1 rings (SSSR count). The first kappa shape index (κ1) is 7.12. The number of aromatic nitrogens is 1. The lowest BCUT2D eigenvalue weighted by Crippen LogP contribution is -1.95. The molecule has 1 N–H and O–H groups in total. The minimum absolute atomic E-state index is 0.792. The Hall–Kier alpha value is -0.990. The Morgan fingerprint density at radius 2 is 2.20 bits per heavy atom. The molecule has 0 bridgehead atoms. The summed E-state index contributed by atoms with van der Waals surface area (Å²) in [6.45, 7) is 6.82. The quantitative estimate of drug-likeness (QED) is 0.679. The average molecular weight is 140 g/mol. The van der Waals surface area contributed by atoms with Crippen molar-refractivity contribution in [3.63, 3.8) is 0 Å². The minimum Gasteiger partial charge on any atom is -0.354 e. The van der Waals surface area contributed by atoms with Crippen molar-refractivity contribution in [2.75, 3.05) is 11.9 Å². The second kappa shape index (κ2) is 2.73. The van der Waals surface area contributed by atoms with Crippen molar-refractivity contribution in [2.24, 2.45) is 0 Å². The first-order valence-corrected chi connectivity index (χ1v) is 3.42. The fourth-order valence-corrected chi connectivity index (χ4v) is 0.741. The molecule has 0 atom stereocenters. The van der Waals surface area contributed by atoms with E-state index in [1.165, 1.54) is 0 Å². The lowest BCUT2D eigenvalue weighted by Gasteiger charge is -1.95. The molecule has 56 valence electrons. The van der Waals surface area contributed by atoms with Crippen LogP contribution in [0.1, 0.15) is 18.2 Å². The molecule has 0 saturated carbocycles. The van der Waals surface area contributed by atoms with Crippen molar-refractivity contribution >= 4 is 5.88 Å². The number of nitrogens with zero attached hydrogens (tertiary/aromatic N) is 1. The molecule has 0 radical (unpaired) electrons. The van der Waals surface area contributed by atoms with Crippen molar-refractivity contribution in [2.45, 2.75) is 20.8 Å². The van der Waals surface area contributed by atoms with Gasteiger partial charge in [0, 0.05) is 12.1 Å². The van der Waals surface area contributed by atoms with Crippen LogP contribution in [0.15, 0.2) is 4.52 Å². The minimum atomic E-state index is 0.792. The van der Waals surface area contributed by atoms with E-state index < -0.39 is 0 Å². The van der Waals surface area contributed by atoms with Crippen molar-refractivity contribution in [3.05, 3.63) is 11.3 Å². The van der Waals surface area contributed by atoms with Crippen LogP contribution in [-0.2, 0) is 0 Å². The number of hydrogen-bond donors (Lipinski definition) is 1. The van der Waals surface area contributed by atoms with Gasteiger partial charge < -0.3 is 9.84 Å². The maximum absolute atomic E-state index is 4.97. The lowest BCUT2D eigenvalue weighted by molar-refractivity contribution is 0.427. The van der Waals surface area contributed by atoms with Crippen LogP contribution in [0.2, 0.25) is 0 Å². The first-order chi connectivity index (χ1) is 4.75. The van der Waals surface area contributed by atoms with Crippen LogP contribution >= 0.6 is 0 Å². The van der Waals surface area contributed by atoms with Gasteiger partial charge in [-0.2, -0.15) is 0 Å². The third kappa shape index (κ3) is 1.12. The summed E-state index contributed by atoms with van der Waals surface area (Å²) >= 11 is 0. The van der Waals surface area contributed by atoms with E-state index in [0.29, 0.717) is 0 Å². The standard InChI is InChI=1S/C7H12N2O/c1-4-8-7-5(2)6(3)9-10-7/h8H,4H2,1-3H3. The van der Waals surface area contributed by atoms with E-state index in [0.717, 1.165) is 23.7 Å². The highest BCUT2D eigenvalue weighted by Crippen LogP contribution is 2.16. The highest BCUT2D eigenvalue weighted by molar-refractivity contribution is 5.41. The van der Waals surface area contributed by atoms with E-state index in [-0.39, 0.29) is 0 Å². The van der Waals surface area contributed by atoms with Gasteiger partial charge >= 0.3 is 0 Å². The molecule has 0 aliphatic carbocycles. The van der Waals surface area contributed by atoms with Gasteiger partial charge in [0.2, 0.25) is 5.88 Å². The normalized spacial score (nSPS) is 9.90. The van der Waals surface area contributed by atoms with Crippen molar-refractivity contribution in [3.8, 4) is 0 Å². The van der Waals surface area contributed by atoms with Crippen LogP contribution in [0, 0.1) is 13.8 Å². The third-order valence-electron chi connectivity index (χ3n) is 1.49. The van der Waals surface area contributed by atoms with Crippen LogP contribution in [0.5, 0.6) is 0 Å². The van der Waals surface area contributed by atoms with E-state index in [1.54, 1.807) is 0 Å². The summed E-state index contributed by atoms with van der Waals surface area (Å²) in [6.07, 6.45) is 0. The summed E-state index contributed by atoms with van der Waals surface area (Å²) in [6, 6.07) is 0. The molecule has 1 heterocycles. The molecule has 1 aromatic heterocycles. The SMILES string of the molecule is CCNc1onc(C)c1C. The molecule has 0 fully saturated rings. The van der Waals surface area contributed by atoms with E-state index >= 15 is 0 Å². The van der Waals surface area contributed by atoms with E-state index in [4.69, 9.17) is 4.52 Å². The Morgan fingerprint density at radius 1 is 1.50 bits per heavy atom. The molecular formula is C7H12N2O. The number of aryl methyl sites for hydroxylation is 1. The summed E-state index contributed by atoms with van der Waals surface area (Å²) in [5.41, 5.74) is 2.05. The molecular weight excluding hydrogens is 128 g/mol. The largest absolute Gasteiger partial charge is 0.354 e. The summed E-state index contributed by atoms with van der Waals surface area (Å²) in [7, 11) is 0. The second-order valence-electron chi connectivity index (χ2n) is 2.25. The second-order valence-corrected chi connectivity index (χ2v) is 2.25. The van der Waals surface area contributed by atoms with Crippen LogP contribution < -0.4 is 5.32 Å². The molecule has 3 nitrogen and oxygen atoms in total. The summed E-state index contributed by atoms with van der Waals surface area (Å²) < 4.78 is 4.97. The van der Waals surface area contributed by atoms with Gasteiger partial charge in [-0.25, -0.2) is 0 Å². The van der Waals surface area contributed by atoms with Gasteiger partial charge in [0.25, 0.3) is 0 Å².